The Labute approximate surface area is 162 Å². The lowest BCUT2D eigenvalue weighted by atomic mass is 9.82. The van der Waals surface area contributed by atoms with Gasteiger partial charge in [0.2, 0.25) is 5.88 Å². The van der Waals surface area contributed by atoms with Gasteiger partial charge in [-0.1, -0.05) is 6.92 Å². The molecule has 5 nitrogen and oxygen atoms in total. The Kier molecular flexibility index (Phi) is 6.37. The van der Waals surface area contributed by atoms with E-state index >= 15 is 0 Å². The predicted molar refractivity (Wildman–Crippen MR) is 99.3 cm³/mol. The summed E-state index contributed by atoms with van der Waals surface area (Å²) in [5.41, 5.74) is 1.65. The number of pyridine rings is 1. The van der Waals surface area contributed by atoms with E-state index in [0.29, 0.717) is 29.2 Å². The highest BCUT2D eigenvalue weighted by molar-refractivity contribution is 5.85. The number of aliphatic hydroxyl groups is 1. The predicted octanol–water partition coefficient (Wildman–Crippen LogP) is 4.57. The Bertz CT molecular complexity index is 805. The summed E-state index contributed by atoms with van der Waals surface area (Å²) >= 11 is 0. The number of fused-ring (bicyclic) bond motifs is 1. The number of hydrogen-bond acceptors (Lipinski definition) is 5. The number of aromatic nitrogens is 3. The maximum atomic E-state index is 12.7. The number of hydrogen-bond donors (Lipinski definition) is 1. The molecule has 0 saturated heterocycles. The molecule has 1 saturated carbocycles. The quantitative estimate of drug-likeness (QED) is 0.773. The molecule has 0 spiro atoms. The highest BCUT2D eigenvalue weighted by Gasteiger charge is 2.30. The van der Waals surface area contributed by atoms with Crippen LogP contribution in [0.25, 0.3) is 10.9 Å². The van der Waals surface area contributed by atoms with Crippen molar-refractivity contribution in [3.8, 4) is 5.88 Å². The molecule has 8 heteroatoms. The van der Waals surface area contributed by atoms with Crippen molar-refractivity contribution in [3.05, 3.63) is 23.8 Å². The van der Waals surface area contributed by atoms with Gasteiger partial charge in [0.1, 0.15) is 5.82 Å². The van der Waals surface area contributed by atoms with Crippen molar-refractivity contribution < 1.29 is 23.0 Å². The van der Waals surface area contributed by atoms with Crippen LogP contribution in [0.5, 0.6) is 5.88 Å². The van der Waals surface area contributed by atoms with Crippen LogP contribution in [0.4, 0.5) is 13.2 Å². The summed E-state index contributed by atoms with van der Waals surface area (Å²) in [6, 6.07) is 0. The van der Waals surface area contributed by atoms with Crippen LogP contribution in [-0.4, -0.2) is 38.9 Å². The summed E-state index contributed by atoms with van der Waals surface area (Å²) in [6.07, 6.45) is 1.30. The van der Waals surface area contributed by atoms with Gasteiger partial charge in [0.05, 0.1) is 23.6 Å². The fraction of sp³-hybridized carbons (Fsp3) is 0.650. The van der Waals surface area contributed by atoms with Crippen LogP contribution in [0.2, 0.25) is 0 Å². The lowest BCUT2D eigenvalue weighted by molar-refractivity contribution is -0.143. The summed E-state index contributed by atoms with van der Waals surface area (Å²) in [4.78, 5) is 13.3. The minimum absolute atomic E-state index is 0.157. The van der Waals surface area contributed by atoms with Crippen LogP contribution in [0, 0.1) is 5.92 Å². The van der Waals surface area contributed by atoms with Gasteiger partial charge in [0.15, 0.2) is 0 Å². The topological polar surface area (TPSA) is 68.1 Å². The Morgan fingerprint density at radius 3 is 2.54 bits per heavy atom. The molecule has 2 aromatic heterocycles. The largest absolute Gasteiger partial charge is 0.477 e. The summed E-state index contributed by atoms with van der Waals surface area (Å²) in [6.45, 7) is 3.86. The third kappa shape index (κ3) is 5.10. The van der Waals surface area contributed by atoms with Crippen LogP contribution in [0.15, 0.2) is 12.4 Å². The second-order valence-electron chi connectivity index (χ2n) is 7.63. The van der Waals surface area contributed by atoms with Gasteiger partial charge in [0.25, 0.3) is 0 Å². The van der Waals surface area contributed by atoms with Crippen LogP contribution in [0.3, 0.4) is 0 Å². The first-order chi connectivity index (χ1) is 13.3. The summed E-state index contributed by atoms with van der Waals surface area (Å²) in [5, 5.41) is 10.5. The van der Waals surface area contributed by atoms with Gasteiger partial charge in [-0.2, -0.15) is 13.2 Å². The van der Waals surface area contributed by atoms with Crippen LogP contribution < -0.4 is 4.74 Å². The van der Waals surface area contributed by atoms with E-state index in [-0.39, 0.29) is 18.4 Å². The summed E-state index contributed by atoms with van der Waals surface area (Å²) < 4.78 is 43.5. The van der Waals surface area contributed by atoms with Crippen molar-refractivity contribution in [1.29, 1.82) is 0 Å². The molecule has 1 aliphatic rings. The van der Waals surface area contributed by atoms with E-state index in [1.54, 1.807) is 19.3 Å². The van der Waals surface area contributed by atoms with Crippen molar-refractivity contribution in [2.75, 3.05) is 6.61 Å². The van der Waals surface area contributed by atoms with E-state index in [1.165, 1.54) is 0 Å². The van der Waals surface area contributed by atoms with Crippen molar-refractivity contribution in [2.24, 2.45) is 5.92 Å². The average Bonchev–Trinajstić information content (AvgIpc) is 2.61. The first kappa shape index (κ1) is 20.8. The van der Waals surface area contributed by atoms with Gasteiger partial charge < -0.3 is 9.84 Å². The van der Waals surface area contributed by atoms with Gasteiger partial charge in [-0.15, -0.1) is 0 Å². The van der Waals surface area contributed by atoms with E-state index in [0.717, 1.165) is 31.2 Å². The van der Waals surface area contributed by atoms with Crippen LogP contribution in [0.1, 0.15) is 63.3 Å². The van der Waals surface area contributed by atoms with Crippen molar-refractivity contribution >= 4 is 10.9 Å². The molecule has 0 aromatic carbocycles. The highest BCUT2D eigenvalue weighted by atomic mass is 19.4. The van der Waals surface area contributed by atoms with Gasteiger partial charge in [-0.3, -0.25) is 0 Å². The van der Waals surface area contributed by atoms with E-state index < -0.39 is 18.5 Å². The molecule has 1 N–H and O–H groups in total. The highest BCUT2D eigenvalue weighted by Crippen LogP contribution is 2.37. The Morgan fingerprint density at radius 2 is 1.89 bits per heavy atom. The zero-order chi connectivity index (χ0) is 20.3. The minimum atomic E-state index is -4.20. The molecule has 1 fully saturated rings. The van der Waals surface area contributed by atoms with Crippen molar-refractivity contribution in [2.45, 2.75) is 70.6 Å². The SMILES string of the molecule is CCOc1ncc(C2CCC(O)CC2)c2nc(C[C@@H](C)CC(F)(F)F)ncc12. The van der Waals surface area contributed by atoms with Gasteiger partial charge in [-0.25, -0.2) is 15.0 Å². The number of ether oxygens (including phenoxy) is 1. The lowest BCUT2D eigenvalue weighted by Gasteiger charge is -2.26. The smallest absolute Gasteiger partial charge is 0.389 e. The number of alkyl halides is 3. The zero-order valence-corrected chi connectivity index (χ0v) is 16.2. The molecular formula is C20H26F3N3O2. The van der Waals surface area contributed by atoms with E-state index in [2.05, 4.69) is 15.0 Å². The monoisotopic (exact) mass is 397 g/mol. The maximum Gasteiger partial charge on any atom is 0.389 e. The molecule has 2 heterocycles. The van der Waals surface area contributed by atoms with Crippen LogP contribution >= 0.6 is 0 Å². The van der Waals surface area contributed by atoms with E-state index in [1.807, 2.05) is 6.92 Å². The van der Waals surface area contributed by atoms with E-state index in [4.69, 9.17) is 4.74 Å². The fourth-order valence-corrected chi connectivity index (χ4v) is 3.87. The molecule has 0 radical (unpaired) electrons. The normalized spacial score (nSPS) is 21.6. The molecule has 3 rings (SSSR count). The van der Waals surface area contributed by atoms with Crippen molar-refractivity contribution in [3.63, 3.8) is 0 Å². The van der Waals surface area contributed by atoms with Gasteiger partial charge in [-0.05, 0) is 44.4 Å². The third-order valence-electron chi connectivity index (χ3n) is 5.19. The summed E-state index contributed by atoms with van der Waals surface area (Å²) in [5.74, 6) is 0.449. The molecule has 1 atom stereocenters. The number of rotatable bonds is 6. The molecular weight excluding hydrogens is 371 g/mol. The Hall–Kier alpha value is -1.96. The first-order valence-corrected chi connectivity index (χ1v) is 9.79. The second-order valence-corrected chi connectivity index (χ2v) is 7.63. The fourth-order valence-electron chi connectivity index (χ4n) is 3.87. The first-order valence-electron chi connectivity index (χ1n) is 9.79. The number of nitrogens with zero attached hydrogens (tertiary/aromatic N) is 3. The molecule has 1 aliphatic carbocycles. The Balaban J connectivity index is 1.94. The molecule has 154 valence electrons. The molecule has 0 unspecified atom stereocenters. The van der Waals surface area contributed by atoms with Crippen LogP contribution in [-0.2, 0) is 6.42 Å². The third-order valence-corrected chi connectivity index (χ3v) is 5.19. The number of aliphatic hydroxyl groups excluding tert-OH is 1. The molecule has 0 bridgehead atoms. The van der Waals surface area contributed by atoms with Gasteiger partial charge in [0, 0.05) is 30.8 Å². The molecule has 2 aromatic rings. The lowest BCUT2D eigenvalue weighted by Crippen LogP contribution is -2.18. The molecule has 28 heavy (non-hydrogen) atoms. The zero-order valence-electron chi connectivity index (χ0n) is 16.2. The average molecular weight is 397 g/mol. The summed E-state index contributed by atoms with van der Waals surface area (Å²) in [7, 11) is 0. The molecule has 0 aliphatic heterocycles. The standard InChI is InChI=1S/C20H26F3N3O2/c1-3-28-19-16-11-24-17(8-12(2)9-20(21,22)23)26-18(16)15(10-25-19)13-4-6-14(27)7-5-13/h10-14,27H,3-9H2,1-2H3/t12-,13?,14?/m1/s1. The van der Waals surface area contributed by atoms with Crippen molar-refractivity contribution in [1.82, 2.24) is 15.0 Å². The molecule has 0 amide bonds. The maximum absolute atomic E-state index is 12.7. The van der Waals surface area contributed by atoms with E-state index in [9.17, 15) is 18.3 Å². The Morgan fingerprint density at radius 1 is 1.18 bits per heavy atom. The second kappa shape index (κ2) is 8.59. The minimum Gasteiger partial charge on any atom is -0.477 e. The number of halogens is 3. The van der Waals surface area contributed by atoms with Gasteiger partial charge >= 0.3 is 6.18 Å².